The summed E-state index contributed by atoms with van der Waals surface area (Å²) in [5.41, 5.74) is 0.874. The van der Waals surface area contributed by atoms with E-state index in [1.807, 2.05) is 17.9 Å². The second-order valence-electron chi connectivity index (χ2n) is 4.83. The van der Waals surface area contributed by atoms with Gasteiger partial charge in [0.15, 0.2) is 5.76 Å². The molecule has 1 aromatic rings. The summed E-state index contributed by atoms with van der Waals surface area (Å²) in [6, 6.07) is 1.98. The molecule has 3 heterocycles. The van der Waals surface area contributed by atoms with Gasteiger partial charge in [0.25, 0.3) is 0 Å². The van der Waals surface area contributed by atoms with Gasteiger partial charge in [-0.2, -0.15) is 0 Å². The molecule has 1 amide bonds. The van der Waals surface area contributed by atoms with Crippen LogP contribution in [0.3, 0.4) is 0 Å². The lowest BCUT2D eigenvalue weighted by molar-refractivity contribution is -0.134. The van der Waals surface area contributed by atoms with Crippen molar-refractivity contribution in [1.82, 2.24) is 15.4 Å². The highest BCUT2D eigenvalue weighted by molar-refractivity contribution is 7.99. The van der Waals surface area contributed by atoms with Crippen molar-refractivity contribution >= 4 is 17.7 Å². The molecule has 2 aliphatic rings. The first kappa shape index (κ1) is 12.0. The maximum atomic E-state index is 12.4. The smallest absolute Gasteiger partial charge is 0.241 e. The lowest BCUT2D eigenvalue weighted by Gasteiger charge is -2.25. The highest BCUT2D eigenvalue weighted by atomic mass is 32.2. The van der Waals surface area contributed by atoms with Gasteiger partial charge < -0.3 is 9.42 Å². The Balaban J connectivity index is 1.76. The highest BCUT2D eigenvalue weighted by Gasteiger charge is 2.36. The fourth-order valence-corrected chi connectivity index (χ4v) is 3.55. The fraction of sp³-hybridized carbons (Fsp3) is 0.667. The van der Waals surface area contributed by atoms with E-state index in [4.69, 9.17) is 4.52 Å². The summed E-state index contributed by atoms with van der Waals surface area (Å²) in [5, 5.41) is 7.16. The van der Waals surface area contributed by atoms with E-state index in [2.05, 4.69) is 10.5 Å². The molecule has 2 atom stereocenters. The normalized spacial score (nSPS) is 27.9. The molecule has 2 unspecified atom stereocenters. The van der Waals surface area contributed by atoms with Gasteiger partial charge in [-0.3, -0.25) is 10.1 Å². The monoisotopic (exact) mass is 267 g/mol. The second kappa shape index (κ2) is 4.93. The number of aromatic nitrogens is 1. The molecule has 98 valence electrons. The Hall–Kier alpha value is -1.01. The van der Waals surface area contributed by atoms with Crippen molar-refractivity contribution in [2.45, 2.75) is 31.8 Å². The first-order valence-corrected chi connectivity index (χ1v) is 7.46. The summed E-state index contributed by atoms with van der Waals surface area (Å²) in [6.07, 6.45) is 2.01. The minimum atomic E-state index is -0.0281. The topological polar surface area (TPSA) is 58.4 Å². The molecule has 1 aromatic heterocycles. The van der Waals surface area contributed by atoms with Gasteiger partial charge in [0.2, 0.25) is 5.91 Å². The number of hydrogen-bond acceptors (Lipinski definition) is 5. The molecule has 2 aliphatic heterocycles. The number of amides is 1. The van der Waals surface area contributed by atoms with E-state index in [-0.39, 0.29) is 18.0 Å². The Morgan fingerprint density at radius 2 is 2.56 bits per heavy atom. The van der Waals surface area contributed by atoms with Gasteiger partial charge in [-0.15, -0.1) is 11.8 Å². The molecule has 2 fully saturated rings. The van der Waals surface area contributed by atoms with Crippen LogP contribution < -0.4 is 5.32 Å². The number of aryl methyl sites for hydroxylation is 1. The van der Waals surface area contributed by atoms with Crippen LogP contribution in [0, 0.1) is 6.92 Å². The zero-order valence-corrected chi connectivity index (χ0v) is 11.2. The Kier molecular flexibility index (Phi) is 3.30. The fourth-order valence-electron chi connectivity index (χ4n) is 2.62. The van der Waals surface area contributed by atoms with Crippen molar-refractivity contribution in [2.24, 2.45) is 0 Å². The maximum Gasteiger partial charge on any atom is 0.241 e. The molecular weight excluding hydrogens is 250 g/mol. The van der Waals surface area contributed by atoms with Crippen LogP contribution in [-0.4, -0.2) is 40.2 Å². The van der Waals surface area contributed by atoms with Crippen LogP contribution in [0.5, 0.6) is 0 Å². The minimum absolute atomic E-state index is 0.0281. The van der Waals surface area contributed by atoms with E-state index in [9.17, 15) is 4.79 Å². The lowest BCUT2D eigenvalue weighted by Crippen LogP contribution is -2.44. The Bertz CT molecular complexity index is 442. The van der Waals surface area contributed by atoms with E-state index < -0.39 is 0 Å². The SMILES string of the molecule is Cc1cc(C2CCCN2C(=O)C2CSCN2)on1. The lowest BCUT2D eigenvalue weighted by atomic mass is 10.1. The highest BCUT2D eigenvalue weighted by Crippen LogP contribution is 2.33. The van der Waals surface area contributed by atoms with E-state index in [0.29, 0.717) is 0 Å². The largest absolute Gasteiger partial charge is 0.359 e. The third kappa shape index (κ3) is 2.14. The van der Waals surface area contributed by atoms with Crippen molar-refractivity contribution in [3.8, 4) is 0 Å². The van der Waals surface area contributed by atoms with Gasteiger partial charge in [0, 0.05) is 24.2 Å². The maximum absolute atomic E-state index is 12.4. The molecule has 3 rings (SSSR count). The van der Waals surface area contributed by atoms with Crippen molar-refractivity contribution in [3.63, 3.8) is 0 Å². The zero-order valence-electron chi connectivity index (χ0n) is 10.4. The van der Waals surface area contributed by atoms with E-state index in [1.54, 1.807) is 11.8 Å². The Morgan fingerprint density at radius 1 is 1.67 bits per heavy atom. The average molecular weight is 267 g/mol. The number of rotatable bonds is 2. The van der Waals surface area contributed by atoms with E-state index in [1.165, 1.54) is 0 Å². The summed E-state index contributed by atoms with van der Waals surface area (Å²) in [4.78, 5) is 14.4. The second-order valence-corrected chi connectivity index (χ2v) is 5.86. The molecule has 0 aromatic carbocycles. The van der Waals surface area contributed by atoms with Crippen LogP contribution >= 0.6 is 11.8 Å². The summed E-state index contributed by atoms with van der Waals surface area (Å²) in [5.74, 6) is 2.77. The number of carbonyl (C=O) groups excluding carboxylic acids is 1. The molecule has 2 saturated heterocycles. The molecule has 5 nitrogen and oxygen atoms in total. The van der Waals surface area contributed by atoms with Crippen molar-refractivity contribution in [2.75, 3.05) is 18.2 Å². The molecule has 6 heteroatoms. The summed E-state index contributed by atoms with van der Waals surface area (Å²) >= 11 is 1.78. The van der Waals surface area contributed by atoms with Crippen LogP contribution in [-0.2, 0) is 4.79 Å². The molecule has 1 N–H and O–H groups in total. The molecule has 0 spiro atoms. The van der Waals surface area contributed by atoms with Crippen LogP contribution in [0.2, 0.25) is 0 Å². The molecule has 0 bridgehead atoms. The van der Waals surface area contributed by atoms with Crippen molar-refractivity contribution < 1.29 is 9.32 Å². The van der Waals surface area contributed by atoms with Crippen LogP contribution in [0.4, 0.5) is 0 Å². The molecular formula is C12H17N3O2S. The van der Waals surface area contributed by atoms with Crippen molar-refractivity contribution in [3.05, 3.63) is 17.5 Å². The molecule has 0 saturated carbocycles. The Labute approximate surface area is 110 Å². The van der Waals surface area contributed by atoms with Gasteiger partial charge in [0.05, 0.1) is 17.8 Å². The van der Waals surface area contributed by atoms with Gasteiger partial charge in [-0.1, -0.05) is 5.16 Å². The Morgan fingerprint density at radius 3 is 3.22 bits per heavy atom. The van der Waals surface area contributed by atoms with Gasteiger partial charge in [-0.25, -0.2) is 0 Å². The van der Waals surface area contributed by atoms with Gasteiger partial charge in [-0.05, 0) is 19.8 Å². The standard InChI is InChI=1S/C12H17N3O2S/c1-8-5-11(17-14-8)10-3-2-4-15(10)12(16)9-6-18-7-13-9/h5,9-10,13H,2-4,6-7H2,1H3. The summed E-state index contributed by atoms with van der Waals surface area (Å²) in [6.45, 7) is 2.73. The number of nitrogens with zero attached hydrogens (tertiary/aromatic N) is 2. The van der Waals surface area contributed by atoms with Gasteiger partial charge >= 0.3 is 0 Å². The minimum Gasteiger partial charge on any atom is -0.359 e. The summed E-state index contributed by atoms with van der Waals surface area (Å²) in [7, 11) is 0. The predicted molar refractivity (Wildman–Crippen MR) is 69.2 cm³/mol. The predicted octanol–water partition coefficient (Wildman–Crippen LogP) is 1.31. The van der Waals surface area contributed by atoms with Crippen LogP contribution in [0.15, 0.2) is 10.6 Å². The van der Waals surface area contributed by atoms with E-state index >= 15 is 0 Å². The zero-order chi connectivity index (χ0) is 12.5. The number of nitrogens with one attached hydrogen (secondary N) is 1. The average Bonchev–Trinajstić information content (AvgIpc) is 3.09. The van der Waals surface area contributed by atoms with Gasteiger partial charge in [0.1, 0.15) is 0 Å². The molecule has 0 radical (unpaired) electrons. The van der Waals surface area contributed by atoms with E-state index in [0.717, 1.165) is 42.5 Å². The molecule has 0 aliphatic carbocycles. The first-order chi connectivity index (χ1) is 8.75. The van der Waals surface area contributed by atoms with Crippen LogP contribution in [0.25, 0.3) is 0 Å². The number of hydrogen-bond donors (Lipinski definition) is 1. The quantitative estimate of drug-likeness (QED) is 0.875. The van der Waals surface area contributed by atoms with Crippen molar-refractivity contribution in [1.29, 1.82) is 0 Å². The number of likely N-dealkylation sites (tertiary alicyclic amines) is 1. The number of carbonyl (C=O) groups is 1. The third-order valence-corrected chi connectivity index (χ3v) is 4.46. The summed E-state index contributed by atoms with van der Waals surface area (Å²) < 4.78 is 5.32. The van der Waals surface area contributed by atoms with Crippen LogP contribution in [0.1, 0.15) is 30.3 Å². The molecule has 18 heavy (non-hydrogen) atoms. The third-order valence-electron chi connectivity index (χ3n) is 3.52. The first-order valence-electron chi connectivity index (χ1n) is 6.30. The number of thioether (sulfide) groups is 1.